The van der Waals surface area contributed by atoms with Gasteiger partial charge in [0.05, 0.1) is 23.3 Å². The maximum absolute atomic E-state index is 13.3. The first kappa shape index (κ1) is 22.7. The molecule has 0 bridgehead atoms. The molecular formula is C27H23FN4O2S. The summed E-state index contributed by atoms with van der Waals surface area (Å²) in [4.78, 5) is 17.3. The van der Waals surface area contributed by atoms with Crippen LogP contribution in [0.3, 0.4) is 0 Å². The lowest BCUT2D eigenvalue weighted by atomic mass is 10.0. The van der Waals surface area contributed by atoms with Gasteiger partial charge in [-0.1, -0.05) is 38.1 Å². The Bertz CT molecular complexity index is 1470. The number of rotatable bonds is 5. The van der Waals surface area contributed by atoms with Gasteiger partial charge in [-0.25, -0.2) is 14.1 Å². The predicted octanol–water partition coefficient (Wildman–Crippen LogP) is 5.92. The van der Waals surface area contributed by atoms with Crippen molar-refractivity contribution >= 4 is 34.8 Å². The Morgan fingerprint density at radius 3 is 2.60 bits per heavy atom. The maximum atomic E-state index is 13.3. The van der Waals surface area contributed by atoms with Crippen molar-refractivity contribution in [3.05, 3.63) is 93.9 Å². The Balaban J connectivity index is 1.59. The summed E-state index contributed by atoms with van der Waals surface area (Å²) in [5, 5.41) is 9.49. The lowest BCUT2D eigenvalue weighted by Gasteiger charge is -2.18. The highest BCUT2D eigenvalue weighted by molar-refractivity contribution is 7.07. The van der Waals surface area contributed by atoms with Gasteiger partial charge in [-0.3, -0.25) is 4.79 Å². The van der Waals surface area contributed by atoms with E-state index in [1.165, 1.54) is 29.0 Å². The van der Waals surface area contributed by atoms with Crippen LogP contribution in [-0.2, 0) is 4.79 Å². The van der Waals surface area contributed by atoms with Gasteiger partial charge in [0.25, 0.3) is 5.91 Å². The maximum Gasteiger partial charge on any atom is 0.262 e. The molecule has 0 saturated carbocycles. The summed E-state index contributed by atoms with van der Waals surface area (Å²) in [5.74, 6) is 0.573. The highest BCUT2D eigenvalue weighted by Gasteiger charge is 2.18. The molecule has 0 atom stereocenters. The van der Waals surface area contributed by atoms with Crippen molar-refractivity contribution in [3.63, 3.8) is 0 Å². The van der Waals surface area contributed by atoms with E-state index in [0.29, 0.717) is 22.2 Å². The van der Waals surface area contributed by atoms with E-state index in [1.807, 2.05) is 35.7 Å². The van der Waals surface area contributed by atoms with E-state index in [9.17, 15) is 9.18 Å². The van der Waals surface area contributed by atoms with Crippen LogP contribution in [-0.4, -0.2) is 23.4 Å². The number of nitrogens with zero attached hydrogens (tertiary/aromatic N) is 3. The van der Waals surface area contributed by atoms with Crippen molar-refractivity contribution in [2.75, 3.05) is 11.9 Å². The van der Waals surface area contributed by atoms with Crippen molar-refractivity contribution in [1.29, 1.82) is 0 Å². The number of carbonyl (C=O) groups excluding carboxylic acids is 1. The fourth-order valence-corrected chi connectivity index (χ4v) is 4.50. The highest BCUT2D eigenvalue weighted by atomic mass is 32.1. The summed E-state index contributed by atoms with van der Waals surface area (Å²) < 4.78 is 20.6. The first-order valence-electron chi connectivity index (χ1n) is 11.2. The zero-order valence-corrected chi connectivity index (χ0v) is 20.1. The van der Waals surface area contributed by atoms with Crippen molar-refractivity contribution in [2.45, 2.75) is 19.8 Å². The van der Waals surface area contributed by atoms with Gasteiger partial charge < -0.3 is 10.1 Å². The molecule has 3 aromatic carbocycles. The van der Waals surface area contributed by atoms with Crippen LogP contribution in [0.15, 0.2) is 82.2 Å². The number of halogens is 1. The Hall–Kier alpha value is -4.04. The molecule has 0 unspecified atom stereocenters. The summed E-state index contributed by atoms with van der Waals surface area (Å²) in [6, 6.07) is 19.9. The molecule has 8 heteroatoms. The third-order valence-corrected chi connectivity index (χ3v) is 6.39. The van der Waals surface area contributed by atoms with Gasteiger partial charge in [0, 0.05) is 10.9 Å². The number of aromatic nitrogens is 1. The summed E-state index contributed by atoms with van der Waals surface area (Å²) in [5.41, 5.74) is 5.08. The van der Waals surface area contributed by atoms with E-state index < -0.39 is 0 Å². The first-order valence-corrected chi connectivity index (χ1v) is 12.1. The Morgan fingerprint density at radius 2 is 1.86 bits per heavy atom. The standard InChI is InChI=1S/C27H23FN4O2S/c1-17(2)19-5-10-22(11-6-19)30-27-32(29-14-18-3-8-21(28)9-4-18)24(16-35-27)20-7-12-25-23(13-20)31-26(33)15-34-25/h3-14,16-17H,15H2,1-2H3,(H,31,33). The summed E-state index contributed by atoms with van der Waals surface area (Å²) in [6.07, 6.45) is 1.67. The average molecular weight is 487 g/mol. The Morgan fingerprint density at radius 1 is 1.09 bits per heavy atom. The molecule has 2 heterocycles. The number of carbonyl (C=O) groups is 1. The minimum atomic E-state index is -0.301. The van der Waals surface area contributed by atoms with Crippen LogP contribution in [0.25, 0.3) is 11.3 Å². The molecule has 4 aromatic rings. The quantitative estimate of drug-likeness (QED) is 0.356. The molecule has 0 aliphatic carbocycles. The number of benzene rings is 3. The SMILES string of the molecule is CC(C)c1ccc(N=c2scc(-c3ccc4c(c3)NC(=O)CO4)n2N=Cc2ccc(F)cc2)cc1. The third-order valence-electron chi connectivity index (χ3n) is 5.57. The number of hydrogen-bond donors (Lipinski definition) is 1. The molecule has 6 nitrogen and oxygen atoms in total. The molecular weight excluding hydrogens is 463 g/mol. The van der Waals surface area contributed by atoms with Crippen LogP contribution < -0.4 is 14.9 Å². The second kappa shape index (κ2) is 9.68. The summed E-state index contributed by atoms with van der Waals surface area (Å²) in [6.45, 7) is 4.31. The molecule has 176 valence electrons. The van der Waals surface area contributed by atoms with Crippen LogP contribution in [0.2, 0.25) is 0 Å². The van der Waals surface area contributed by atoms with Gasteiger partial charge in [0.1, 0.15) is 11.6 Å². The molecule has 1 amide bonds. The van der Waals surface area contributed by atoms with E-state index in [0.717, 1.165) is 22.5 Å². The summed E-state index contributed by atoms with van der Waals surface area (Å²) in [7, 11) is 0. The zero-order valence-electron chi connectivity index (χ0n) is 19.2. The number of amides is 1. The Labute approximate surface area is 206 Å². The Kier molecular flexibility index (Phi) is 6.29. The molecule has 0 fully saturated rings. The molecule has 1 N–H and O–H groups in total. The van der Waals surface area contributed by atoms with E-state index in [-0.39, 0.29) is 18.3 Å². The fraction of sp³-hybridized carbons (Fsp3) is 0.148. The predicted molar refractivity (Wildman–Crippen MR) is 137 cm³/mol. The number of anilines is 1. The lowest BCUT2D eigenvalue weighted by molar-refractivity contribution is -0.118. The van der Waals surface area contributed by atoms with Gasteiger partial charge in [-0.15, -0.1) is 11.3 Å². The number of hydrogen-bond acceptors (Lipinski definition) is 5. The molecule has 35 heavy (non-hydrogen) atoms. The van der Waals surface area contributed by atoms with Crippen LogP contribution >= 0.6 is 11.3 Å². The smallest absolute Gasteiger partial charge is 0.262 e. The van der Waals surface area contributed by atoms with Crippen molar-refractivity contribution in [1.82, 2.24) is 4.68 Å². The second-order valence-electron chi connectivity index (χ2n) is 8.42. The minimum Gasteiger partial charge on any atom is -0.482 e. The largest absolute Gasteiger partial charge is 0.482 e. The van der Waals surface area contributed by atoms with Crippen LogP contribution in [0.4, 0.5) is 15.8 Å². The zero-order chi connectivity index (χ0) is 24.4. The molecule has 0 saturated heterocycles. The minimum absolute atomic E-state index is 0.00535. The number of ether oxygens (including phenoxy) is 1. The van der Waals surface area contributed by atoms with Crippen LogP contribution in [0.5, 0.6) is 5.75 Å². The summed E-state index contributed by atoms with van der Waals surface area (Å²) >= 11 is 1.46. The number of nitrogens with one attached hydrogen (secondary N) is 1. The van der Waals surface area contributed by atoms with Gasteiger partial charge >= 0.3 is 0 Å². The van der Waals surface area contributed by atoms with E-state index >= 15 is 0 Å². The highest BCUT2D eigenvalue weighted by Crippen LogP contribution is 2.33. The van der Waals surface area contributed by atoms with E-state index in [1.54, 1.807) is 23.0 Å². The molecule has 5 rings (SSSR count). The van der Waals surface area contributed by atoms with Gasteiger partial charge in [-0.2, -0.15) is 5.10 Å². The van der Waals surface area contributed by atoms with Crippen molar-refractivity contribution in [2.24, 2.45) is 10.1 Å². The second-order valence-corrected chi connectivity index (χ2v) is 9.25. The number of thiazole rings is 1. The molecule has 1 aromatic heterocycles. The van der Waals surface area contributed by atoms with E-state index in [4.69, 9.17) is 9.73 Å². The number of fused-ring (bicyclic) bond motifs is 1. The monoisotopic (exact) mass is 486 g/mol. The molecule has 0 spiro atoms. The van der Waals surface area contributed by atoms with Crippen LogP contribution in [0, 0.1) is 5.82 Å². The lowest BCUT2D eigenvalue weighted by Crippen LogP contribution is -2.25. The van der Waals surface area contributed by atoms with E-state index in [2.05, 4.69) is 36.4 Å². The molecule has 1 aliphatic heterocycles. The molecule has 1 aliphatic rings. The van der Waals surface area contributed by atoms with Crippen molar-refractivity contribution in [3.8, 4) is 17.0 Å². The van der Waals surface area contributed by atoms with Gasteiger partial charge in [0.15, 0.2) is 6.61 Å². The normalized spacial score (nSPS) is 13.7. The van der Waals surface area contributed by atoms with Crippen LogP contribution in [0.1, 0.15) is 30.9 Å². The van der Waals surface area contributed by atoms with Gasteiger partial charge in [-0.05, 0) is 59.5 Å². The van der Waals surface area contributed by atoms with Crippen molar-refractivity contribution < 1.29 is 13.9 Å². The first-order chi connectivity index (χ1) is 17.0. The molecule has 0 radical (unpaired) electrons. The van der Waals surface area contributed by atoms with Gasteiger partial charge in [0.2, 0.25) is 4.80 Å². The average Bonchev–Trinajstić information content (AvgIpc) is 3.25. The third kappa shape index (κ3) is 5.07. The fourth-order valence-electron chi connectivity index (χ4n) is 3.65. The topological polar surface area (TPSA) is 68.0 Å².